The molecule has 1 aliphatic heterocycles. The van der Waals surface area contributed by atoms with Gasteiger partial charge in [-0.2, -0.15) is 0 Å². The highest BCUT2D eigenvalue weighted by Crippen LogP contribution is 2.24. The Morgan fingerprint density at radius 1 is 1.08 bits per heavy atom. The van der Waals surface area contributed by atoms with E-state index >= 15 is 0 Å². The van der Waals surface area contributed by atoms with Crippen LogP contribution in [-0.2, 0) is 9.47 Å². The van der Waals surface area contributed by atoms with Crippen LogP contribution >= 0.6 is 0 Å². The molecule has 0 aliphatic carbocycles. The Kier molecular flexibility index (Phi) is 6.89. The maximum atomic E-state index is 12.2. The van der Waals surface area contributed by atoms with Crippen LogP contribution in [0.25, 0.3) is 0 Å². The summed E-state index contributed by atoms with van der Waals surface area (Å²) < 4.78 is 10.6. The summed E-state index contributed by atoms with van der Waals surface area (Å²) in [5.41, 5.74) is -1.11. The number of amides is 2. The lowest BCUT2D eigenvalue weighted by Gasteiger charge is -2.38. The summed E-state index contributed by atoms with van der Waals surface area (Å²) >= 11 is 0. The van der Waals surface area contributed by atoms with E-state index in [1.807, 2.05) is 20.8 Å². The van der Waals surface area contributed by atoms with Gasteiger partial charge in [-0.1, -0.05) is 0 Å². The van der Waals surface area contributed by atoms with Crippen molar-refractivity contribution in [1.29, 1.82) is 0 Å². The molecule has 0 aromatic heterocycles. The average molecular weight is 344 g/mol. The van der Waals surface area contributed by atoms with Gasteiger partial charge in [-0.3, -0.25) is 0 Å². The van der Waals surface area contributed by atoms with E-state index < -0.39 is 17.3 Å². The molecule has 24 heavy (non-hydrogen) atoms. The number of ether oxygens (including phenoxy) is 2. The van der Waals surface area contributed by atoms with Crippen LogP contribution in [-0.4, -0.2) is 59.6 Å². The molecule has 0 saturated carbocycles. The second-order valence-electron chi connectivity index (χ2n) is 8.30. The molecular weight excluding hydrogens is 312 g/mol. The van der Waals surface area contributed by atoms with Crippen molar-refractivity contribution in [2.75, 3.05) is 26.2 Å². The van der Waals surface area contributed by atoms with Gasteiger partial charge >= 0.3 is 12.2 Å². The van der Waals surface area contributed by atoms with E-state index in [1.54, 1.807) is 25.7 Å². The van der Waals surface area contributed by atoms with Crippen molar-refractivity contribution in [1.82, 2.24) is 10.2 Å². The van der Waals surface area contributed by atoms with Crippen molar-refractivity contribution < 1.29 is 24.2 Å². The van der Waals surface area contributed by atoms with Gasteiger partial charge in [0.25, 0.3) is 0 Å². The summed E-state index contributed by atoms with van der Waals surface area (Å²) in [5.74, 6) is 0.00223. The lowest BCUT2D eigenvalue weighted by atomic mass is 9.86. The van der Waals surface area contributed by atoms with Crippen LogP contribution in [0.1, 0.15) is 48.0 Å². The standard InChI is InChI=1S/C17H32N2O5/c1-16(2,3)23-14(21)18-9-13-10-19(8-7-12(13)11-20)15(22)24-17(4,5)6/h12-13,20H,7-11H2,1-6H3,(H,18,21)/t12-,13+/m0/s1. The summed E-state index contributed by atoms with van der Waals surface area (Å²) in [6.45, 7) is 12.2. The summed E-state index contributed by atoms with van der Waals surface area (Å²) in [6, 6.07) is 0. The first-order chi connectivity index (χ1) is 10.9. The number of nitrogens with zero attached hydrogens (tertiary/aromatic N) is 1. The number of aliphatic hydroxyl groups is 1. The van der Waals surface area contributed by atoms with E-state index in [-0.39, 0.29) is 24.5 Å². The number of carbonyl (C=O) groups excluding carboxylic acids is 2. The maximum absolute atomic E-state index is 12.2. The Labute approximate surface area is 144 Å². The number of rotatable bonds is 3. The minimum absolute atomic E-state index is 0.0306. The number of piperidine rings is 1. The van der Waals surface area contributed by atoms with Crippen LogP contribution in [0.3, 0.4) is 0 Å². The van der Waals surface area contributed by atoms with Crippen LogP contribution in [0.15, 0.2) is 0 Å². The van der Waals surface area contributed by atoms with Gasteiger partial charge in [0.15, 0.2) is 0 Å². The molecule has 0 radical (unpaired) electrons. The van der Waals surface area contributed by atoms with Crippen molar-refractivity contribution in [3.63, 3.8) is 0 Å². The average Bonchev–Trinajstić information content (AvgIpc) is 2.41. The van der Waals surface area contributed by atoms with Gasteiger partial charge in [0.1, 0.15) is 11.2 Å². The minimum atomic E-state index is -0.560. The van der Waals surface area contributed by atoms with E-state index in [9.17, 15) is 14.7 Å². The first kappa shape index (κ1) is 20.5. The van der Waals surface area contributed by atoms with Crippen LogP contribution in [0.5, 0.6) is 0 Å². The van der Waals surface area contributed by atoms with Crippen molar-refractivity contribution in [2.24, 2.45) is 11.8 Å². The Bertz CT molecular complexity index is 439. The fourth-order valence-corrected chi connectivity index (χ4v) is 2.57. The highest BCUT2D eigenvalue weighted by atomic mass is 16.6. The van der Waals surface area contributed by atoms with E-state index in [0.29, 0.717) is 26.1 Å². The van der Waals surface area contributed by atoms with Crippen LogP contribution in [0.2, 0.25) is 0 Å². The van der Waals surface area contributed by atoms with Gasteiger partial charge < -0.3 is 24.8 Å². The molecule has 7 nitrogen and oxygen atoms in total. The maximum Gasteiger partial charge on any atom is 0.410 e. The highest BCUT2D eigenvalue weighted by molar-refractivity contribution is 5.68. The predicted molar refractivity (Wildman–Crippen MR) is 90.7 cm³/mol. The van der Waals surface area contributed by atoms with E-state index in [2.05, 4.69) is 5.32 Å². The molecule has 0 spiro atoms. The molecule has 2 atom stereocenters. The van der Waals surface area contributed by atoms with Gasteiger partial charge in [-0.15, -0.1) is 0 Å². The third-order valence-electron chi connectivity index (χ3n) is 3.69. The molecule has 1 aliphatic rings. The summed E-state index contributed by atoms with van der Waals surface area (Å²) in [4.78, 5) is 25.6. The smallest absolute Gasteiger partial charge is 0.410 e. The summed E-state index contributed by atoms with van der Waals surface area (Å²) in [6.07, 6.45) is -0.175. The SMILES string of the molecule is CC(C)(C)OC(=O)NC[C@@H]1CN(C(=O)OC(C)(C)C)CC[C@H]1CO. The minimum Gasteiger partial charge on any atom is -0.444 e. The van der Waals surface area contributed by atoms with Gasteiger partial charge in [0.2, 0.25) is 0 Å². The number of carbonyl (C=O) groups is 2. The zero-order valence-electron chi connectivity index (χ0n) is 15.7. The highest BCUT2D eigenvalue weighted by Gasteiger charge is 2.33. The normalized spacial score (nSPS) is 22.0. The zero-order valence-corrected chi connectivity index (χ0v) is 15.7. The number of likely N-dealkylation sites (tertiary alicyclic amines) is 1. The molecule has 2 N–H and O–H groups in total. The summed E-state index contributed by atoms with van der Waals surface area (Å²) in [5, 5.41) is 12.3. The number of hydrogen-bond acceptors (Lipinski definition) is 5. The van der Waals surface area contributed by atoms with E-state index in [0.717, 1.165) is 0 Å². The van der Waals surface area contributed by atoms with E-state index in [4.69, 9.17) is 9.47 Å². The molecule has 0 bridgehead atoms. The van der Waals surface area contributed by atoms with Gasteiger partial charge in [0.05, 0.1) is 0 Å². The molecule has 1 rings (SSSR count). The Morgan fingerprint density at radius 3 is 2.17 bits per heavy atom. The fraction of sp³-hybridized carbons (Fsp3) is 0.882. The Hall–Kier alpha value is -1.50. The van der Waals surface area contributed by atoms with Crippen LogP contribution in [0.4, 0.5) is 9.59 Å². The molecule has 1 fully saturated rings. The van der Waals surface area contributed by atoms with Gasteiger partial charge in [0, 0.05) is 26.2 Å². The fourth-order valence-electron chi connectivity index (χ4n) is 2.57. The third-order valence-corrected chi connectivity index (χ3v) is 3.69. The number of nitrogens with one attached hydrogen (secondary N) is 1. The largest absolute Gasteiger partial charge is 0.444 e. The molecule has 1 saturated heterocycles. The molecule has 0 unspecified atom stereocenters. The molecular formula is C17H32N2O5. The van der Waals surface area contributed by atoms with E-state index in [1.165, 1.54) is 0 Å². The number of aliphatic hydroxyl groups excluding tert-OH is 1. The molecule has 140 valence electrons. The molecule has 0 aromatic rings. The monoisotopic (exact) mass is 344 g/mol. The van der Waals surface area contributed by atoms with Crippen molar-refractivity contribution in [3.05, 3.63) is 0 Å². The molecule has 0 aromatic carbocycles. The van der Waals surface area contributed by atoms with Gasteiger partial charge in [-0.25, -0.2) is 9.59 Å². The Morgan fingerprint density at radius 2 is 1.67 bits per heavy atom. The lowest BCUT2D eigenvalue weighted by Crippen LogP contribution is -2.50. The van der Waals surface area contributed by atoms with Crippen LogP contribution < -0.4 is 5.32 Å². The number of alkyl carbamates (subject to hydrolysis) is 1. The molecule has 1 heterocycles. The first-order valence-electron chi connectivity index (χ1n) is 8.47. The summed E-state index contributed by atoms with van der Waals surface area (Å²) in [7, 11) is 0. The Balaban J connectivity index is 2.59. The first-order valence-corrected chi connectivity index (χ1v) is 8.47. The zero-order chi connectivity index (χ0) is 18.5. The van der Waals surface area contributed by atoms with Crippen molar-refractivity contribution in [2.45, 2.75) is 59.2 Å². The molecule has 7 heteroatoms. The second-order valence-corrected chi connectivity index (χ2v) is 8.30. The van der Waals surface area contributed by atoms with Crippen LogP contribution in [0, 0.1) is 11.8 Å². The number of hydrogen-bond donors (Lipinski definition) is 2. The topological polar surface area (TPSA) is 88.1 Å². The third kappa shape index (κ3) is 7.38. The molecule has 2 amide bonds. The van der Waals surface area contributed by atoms with Gasteiger partial charge in [-0.05, 0) is 59.8 Å². The second kappa shape index (κ2) is 8.05. The quantitative estimate of drug-likeness (QED) is 0.821. The predicted octanol–water partition coefficient (Wildman–Crippen LogP) is 2.38. The van der Waals surface area contributed by atoms with Crippen molar-refractivity contribution >= 4 is 12.2 Å². The lowest BCUT2D eigenvalue weighted by molar-refractivity contribution is 0.00443. The van der Waals surface area contributed by atoms with Crippen molar-refractivity contribution in [3.8, 4) is 0 Å².